The van der Waals surface area contributed by atoms with Crippen molar-refractivity contribution in [2.45, 2.75) is 0 Å². The largest absolute Gasteiger partial charge is 0.355 e. The van der Waals surface area contributed by atoms with E-state index in [0.717, 1.165) is 18.8 Å². The van der Waals surface area contributed by atoms with Crippen LogP contribution >= 0.6 is 11.6 Å². The van der Waals surface area contributed by atoms with Crippen LogP contribution in [0, 0.1) is 0 Å². The zero-order valence-electron chi connectivity index (χ0n) is 15.1. The summed E-state index contributed by atoms with van der Waals surface area (Å²) in [5, 5.41) is 6.15. The summed E-state index contributed by atoms with van der Waals surface area (Å²) >= 11 is 5.85. The Balaban J connectivity index is 1.54. The first kappa shape index (κ1) is 19.1. The number of halogens is 1. The van der Waals surface area contributed by atoms with Crippen LogP contribution in [-0.2, 0) is 4.79 Å². The van der Waals surface area contributed by atoms with Gasteiger partial charge in [-0.2, -0.15) is 0 Å². The summed E-state index contributed by atoms with van der Waals surface area (Å²) in [5.74, 6) is 0.472. The summed E-state index contributed by atoms with van der Waals surface area (Å²) in [5.41, 5.74) is 1.29. The molecule has 1 aliphatic rings. The fourth-order valence-electron chi connectivity index (χ4n) is 3.02. The van der Waals surface area contributed by atoms with Gasteiger partial charge in [-0.1, -0.05) is 11.6 Å². The average molecular weight is 388 g/mol. The first-order valence-electron chi connectivity index (χ1n) is 8.76. The summed E-state index contributed by atoms with van der Waals surface area (Å²) in [6.45, 7) is 3.17. The van der Waals surface area contributed by atoms with Gasteiger partial charge in [0, 0.05) is 50.1 Å². The van der Waals surface area contributed by atoms with E-state index in [2.05, 4.69) is 25.4 Å². The first-order chi connectivity index (χ1) is 13.1. The van der Waals surface area contributed by atoms with Gasteiger partial charge in [-0.15, -0.1) is 0 Å². The lowest BCUT2D eigenvalue weighted by Crippen LogP contribution is -2.49. The summed E-state index contributed by atoms with van der Waals surface area (Å²) in [7, 11) is 1.61. The molecule has 1 aliphatic heterocycles. The molecule has 0 spiro atoms. The van der Waals surface area contributed by atoms with Crippen molar-refractivity contribution in [2.24, 2.45) is 0 Å². The Hall–Kier alpha value is -2.64. The first-order valence-corrected chi connectivity index (χ1v) is 9.14. The average Bonchev–Trinajstić information content (AvgIpc) is 2.70. The van der Waals surface area contributed by atoms with Crippen LogP contribution < -0.4 is 15.5 Å². The number of aromatic nitrogens is 1. The number of piperazine rings is 1. The smallest absolute Gasteiger partial charge is 0.254 e. The molecule has 2 N–H and O–H groups in total. The van der Waals surface area contributed by atoms with Gasteiger partial charge in [-0.25, -0.2) is 4.98 Å². The van der Waals surface area contributed by atoms with E-state index in [0.29, 0.717) is 36.0 Å². The predicted molar refractivity (Wildman–Crippen MR) is 106 cm³/mol. The third-order valence-electron chi connectivity index (χ3n) is 4.43. The highest BCUT2D eigenvalue weighted by Gasteiger charge is 2.23. The lowest BCUT2D eigenvalue weighted by Gasteiger charge is -2.35. The highest BCUT2D eigenvalue weighted by molar-refractivity contribution is 6.30. The van der Waals surface area contributed by atoms with Gasteiger partial charge in [0.15, 0.2) is 0 Å². The number of nitrogens with one attached hydrogen (secondary N) is 2. The molecule has 142 valence electrons. The minimum Gasteiger partial charge on any atom is -0.355 e. The Labute approximate surface area is 163 Å². The number of benzene rings is 1. The van der Waals surface area contributed by atoms with Crippen LogP contribution in [0.3, 0.4) is 0 Å². The van der Waals surface area contributed by atoms with Gasteiger partial charge in [0.05, 0.1) is 12.1 Å². The van der Waals surface area contributed by atoms with Crippen molar-refractivity contribution in [2.75, 3.05) is 50.0 Å². The Bertz CT molecular complexity index is 804. The van der Waals surface area contributed by atoms with Crippen LogP contribution in [0.5, 0.6) is 0 Å². The van der Waals surface area contributed by atoms with Crippen LogP contribution in [0.15, 0.2) is 42.6 Å². The van der Waals surface area contributed by atoms with E-state index >= 15 is 0 Å². The molecule has 1 aromatic heterocycles. The molecule has 0 unspecified atom stereocenters. The minimum atomic E-state index is -0.150. The summed E-state index contributed by atoms with van der Waals surface area (Å²) < 4.78 is 0. The number of amides is 2. The second kappa shape index (κ2) is 8.83. The highest BCUT2D eigenvalue weighted by atomic mass is 35.5. The van der Waals surface area contributed by atoms with Gasteiger partial charge < -0.3 is 15.5 Å². The normalized spacial score (nSPS) is 14.7. The van der Waals surface area contributed by atoms with Crippen molar-refractivity contribution >= 4 is 34.9 Å². The maximum absolute atomic E-state index is 12.2. The van der Waals surface area contributed by atoms with Gasteiger partial charge in [0.1, 0.15) is 5.82 Å². The molecule has 0 saturated carbocycles. The molecule has 27 heavy (non-hydrogen) atoms. The molecule has 0 atom stereocenters. The molecular formula is C19H22ClN5O2. The Kier molecular flexibility index (Phi) is 6.26. The van der Waals surface area contributed by atoms with Gasteiger partial charge in [-0.05, 0) is 36.4 Å². The predicted octanol–water partition coefficient (Wildman–Crippen LogP) is 1.86. The van der Waals surface area contributed by atoms with Crippen LogP contribution in [0.4, 0.5) is 11.5 Å². The number of anilines is 2. The maximum atomic E-state index is 12.2. The van der Waals surface area contributed by atoms with Crippen LogP contribution in [0.2, 0.25) is 5.02 Å². The zero-order chi connectivity index (χ0) is 19.2. The molecule has 7 nitrogen and oxygen atoms in total. The van der Waals surface area contributed by atoms with E-state index < -0.39 is 0 Å². The molecule has 0 aliphatic carbocycles. The third-order valence-corrected chi connectivity index (χ3v) is 4.68. The monoisotopic (exact) mass is 387 g/mol. The van der Waals surface area contributed by atoms with Crippen molar-refractivity contribution in [1.29, 1.82) is 0 Å². The summed E-state index contributed by atoms with van der Waals surface area (Å²) in [6.07, 6.45) is 1.69. The van der Waals surface area contributed by atoms with E-state index in [-0.39, 0.29) is 11.8 Å². The number of carbonyl (C=O) groups is 2. The van der Waals surface area contributed by atoms with Gasteiger partial charge >= 0.3 is 0 Å². The van der Waals surface area contributed by atoms with E-state index in [4.69, 9.17) is 11.6 Å². The van der Waals surface area contributed by atoms with Gasteiger partial charge in [0.2, 0.25) is 5.91 Å². The number of rotatable bonds is 5. The number of pyridine rings is 1. The second-order valence-corrected chi connectivity index (χ2v) is 6.71. The van der Waals surface area contributed by atoms with Crippen molar-refractivity contribution < 1.29 is 9.59 Å². The number of carbonyl (C=O) groups excluding carboxylic acids is 2. The molecule has 1 saturated heterocycles. The quantitative estimate of drug-likeness (QED) is 0.818. The molecule has 3 rings (SSSR count). The molecule has 2 aromatic rings. The Morgan fingerprint density at radius 2 is 1.81 bits per heavy atom. The van der Waals surface area contributed by atoms with Crippen molar-refractivity contribution in [3.8, 4) is 0 Å². The molecule has 1 fully saturated rings. The lowest BCUT2D eigenvalue weighted by atomic mass is 10.2. The number of hydrogen-bond acceptors (Lipinski definition) is 5. The molecule has 2 heterocycles. The zero-order valence-corrected chi connectivity index (χ0v) is 15.9. The summed E-state index contributed by atoms with van der Waals surface area (Å²) in [4.78, 5) is 32.8. The van der Waals surface area contributed by atoms with E-state index in [1.807, 2.05) is 0 Å². The van der Waals surface area contributed by atoms with Crippen molar-refractivity contribution in [1.82, 2.24) is 15.2 Å². The fourth-order valence-corrected chi connectivity index (χ4v) is 3.14. The maximum Gasteiger partial charge on any atom is 0.254 e. The molecule has 1 aromatic carbocycles. The molecule has 0 radical (unpaired) electrons. The van der Waals surface area contributed by atoms with E-state index in [1.54, 1.807) is 49.6 Å². The topological polar surface area (TPSA) is 77.6 Å². The van der Waals surface area contributed by atoms with E-state index in [9.17, 15) is 9.59 Å². The SMILES string of the molecule is CNC(=O)c1cccnc1N1CCN(CC(=O)Nc2ccc(Cl)cc2)CC1. The molecule has 2 amide bonds. The van der Waals surface area contributed by atoms with Gasteiger partial charge in [-0.3, -0.25) is 14.5 Å². The third kappa shape index (κ3) is 4.96. The summed E-state index contributed by atoms with van der Waals surface area (Å²) in [6, 6.07) is 10.6. The van der Waals surface area contributed by atoms with Crippen LogP contribution in [-0.4, -0.2) is 61.5 Å². The number of hydrogen-bond donors (Lipinski definition) is 2. The van der Waals surface area contributed by atoms with E-state index in [1.165, 1.54) is 0 Å². The molecular weight excluding hydrogens is 366 g/mol. The van der Waals surface area contributed by atoms with Crippen molar-refractivity contribution in [3.63, 3.8) is 0 Å². The lowest BCUT2D eigenvalue weighted by molar-refractivity contribution is -0.117. The van der Waals surface area contributed by atoms with Crippen molar-refractivity contribution in [3.05, 3.63) is 53.2 Å². The van der Waals surface area contributed by atoms with Crippen LogP contribution in [0.25, 0.3) is 0 Å². The van der Waals surface area contributed by atoms with Crippen LogP contribution in [0.1, 0.15) is 10.4 Å². The second-order valence-electron chi connectivity index (χ2n) is 6.27. The highest BCUT2D eigenvalue weighted by Crippen LogP contribution is 2.19. The van der Waals surface area contributed by atoms with Gasteiger partial charge in [0.25, 0.3) is 5.91 Å². The Morgan fingerprint density at radius 1 is 1.11 bits per heavy atom. The standard InChI is InChI=1S/C19H22ClN5O2/c1-21-19(27)16-3-2-8-22-18(16)25-11-9-24(10-12-25)13-17(26)23-15-6-4-14(20)5-7-15/h2-8H,9-13H2,1H3,(H,21,27)(H,23,26). The Morgan fingerprint density at radius 3 is 2.48 bits per heavy atom. The fraction of sp³-hybridized carbons (Fsp3) is 0.316. The minimum absolute atomic E-state index is 0.0605. The molecule has 0 bridgehead atoms. The number of nitrogens with zero attached hydrogens (tertiary/aromatic N) is 3. The molecule has 8 heteroatoms.